The molecular formula is C24H40FN3Sn. The Morgan fingerprint density at radius 2 is 1.59 bits per heavy atom. The summed E-state index contributed by atoms with van der Waals surface area (Å²) < 4.78 is 22.2. The Hall–Kier alpha value is -0.621. The fourth-order valence-corrected chi connectivity index (χ4v) is 21.2. The Morgan fingerprint density at radius 3 is 2.14 bits per heavy atom. The average molecular weight is 508 g/mol. The second-order valence-electron chi connectivity index (χ2n) is 9.03. The molecule has 3 nitrogen and oxygen atoms in total. The van der Waals surface area contributed by atoms with Gasteiger partial charge in [-0.05, 0) is 0 Å². The number of nitrogens with zero attached hydrogens (tertiary/aromatic N) is 2. The van der Waals surface area contributed by atoms with Crippen LogP contribution >= 0.6 is 0 Å². The van der Waals surface area contributed by atoms with E-state index < -0.39 is 18.4 Å². The molecule has 1 saturated heterocycles. The number of fused-ring (bicyclic) bond motifs is 1. The van der Waals surface area contributed by atoms with Gasteiger partial charge in [0.1, 0.15) is 0 Å². The molecule has 0 radical (unpaired) electrons. The molecule has 0 aliphatic carbocycles. The van der Waals surface area contributed by atoms with Gasteiger partial charge in [0, 0.05) is 0 Å². The number of benzene rings is 1. The first kappa shape index (κ1) is 23.1. The Balaban J connectivity index is 2.13. The Kier molecular flexibility index (Phi) is 8.84. The molecule has 0 unspecified atom stereocenters. The third-order valence-electron chi connectivity index (χ3n) is 6.85. The average Bonchev–Trinajstić information content (AvgIpc) is 3.13. The van der Waals surface area contributed by atoms with E-state index in [1.54, 1.807) is 12.1 Å². The van der Waals surface area contributed by atoms with Crippen molar-refractivity contribution in [1.29, 1.82) is 0 Å². The van der Waals surface area contributed by atoms with Crippen molar-refractivity contribution in [2.24, 2.45) is 0 Å². The Labute approximate surface area is 180 Å². The SMILES string of the molecule is CCC[CH2][Sn]([CH2]CCC)([CH2]CCC)[c]1nn(C2CCNCC2)c2cc(F)ccc12. The Bertz CT molecular complexity index is 745. The van der Waals surface area contributed by atoms with E-state index in [0.29, 0.717) is 6.04 Å². The third kappa shape index (κ3) is 5.36. The monoisotopic (exact) mass is 509 g/mol. The van der Waals surface area contributed by atoms with Crippen LogP contribution in [0.5, 0.6) is 0 Å². The maximum absolute atomic E-state index is 14.3. The van der Waals surface area contributed by atoms with E-state index in [0.717, 1.165) is 31.4 Å². The molecule has 0 bridgehead atoms. The van der Waals surface area contributed by atoms with E-state index in [1.165, 1.54) is 60.9 Å². The normalized spacial score (nSPS) is 16.0. The van der Waals surface area contributed by atoms with Crippen molar-refractivity contribution in [3.05, 3.63) is 24.0 Å². The van der Waals surface area contributed by atoms with Gasteiger partial charge < -0.3 is 0 Å². The fourth-order valence-electron chi connectivity index (χ4n) is 5.11. The number of rotatable bonds is 11. The van der Waals surface area contributed by atoms with Crippen LogP contribution in [-0.4, -0.2) is 41.2 Å². The van der Waals surface area contributed by atoms with Crippen LogP contribution in [0.25, 0.3) is 10.9 Å². The molecule has 1 aromatic carbocycles. The first-order chi connectivity index (χ1) is 14.1. The van der Waals surface area contributed by atoms with Crippen molar-refractivity contribution in [3.63, 3.8) is 0 Å². The summed E-state index contributed by atoms with van der Waals surface area (Å²) in [7, 11) is 0. The van der Waals surface area contributed by atoms with Gasteiger partial charge in [-0.1, -0.05) is 0 Å². The van der Waals surface area contributed by atoms with E-state index in [1.807, 2.05) is 0 Å². The van der Waals surface area contributed by atoms with Crippen LogP contribution in [0.15, 0.2) is 18.2 Å². The van der Waals surface area contributed by atoms with Crippen LogP contribution in [0, 0.1) is 5.82 Å². The molecule has 0 saturated carbocycles. The summed E-state index contributed by atoms with van der Waals surface area (Å²) in [5.74, 6) is -0.129. The molecule has 5 heteroatoms. The molecule has 29 heavy (non-hydrogen) atoms. The minimum atomic E-state index is -2.68. The molecule has 1 aromatic heterocycles. The van der Waals surface area contributed by atoms with Gasteiger partial charge in [0.25, 0.3) is 0 Å². The van der Waals surface area contributed by atoms with Crippen molar-refractivity contribution in [2.45, 2.75) is 91.5 Å². The van der Waals surface area contributed by atoms with E-state index in [9.17, 15) is 4.39 Å². The Morgan fingerprint density at radius 1 is 1.00 bits per heavy atom. The van der Waals surface area contributed by atoms with Gasteiger partial charge in [-0.3, -0.25) is 0 Å². The van der Waals surface area contributed by atoms with E-state index in [-0.39, 0.29) is 5.82 Å². The van der Waals surface area contributed by atoms with Crippen molar-refractivity contribution in [1.82, 2.24) is 15.1 Å². The number of piperidine rings is 1. The maximum atomic E-state index is 14.3. The summed E-state index contributed by atoms with van der Waals surface area (Å²) in [6.07, 6.45) is 9.95. The minimum absolute atomic E-state index is 0.129. The van der Waals surface area contributed by atoms with Crippen LogP contribution in [0.3, 0.4) is 0 Å². The topological polar surface area (TPSA) is 29.9 Å². The predicted molar refractivity (Wildman–Crippen MR) is 125 cm³/mol. The van der Waals surface area contributed by atoms with Gasteiger partial charge in [-0.15, -0.1) is 0 Å². The van der Waals surface area contributed by atoms with Gasteiger partial charge in [0.15, 0.2) is 0 Å². The summed E-state index contributed by atoms with van der Waals surface area (Å²) in [6, 6.07) is 5.88. The molecule has 1 fully saturated rings. The molecule has 0 atom stereocenters. The van der Waals surface area contributed by atoms with Crippen molar-refractivity contribution < 1.29 is 4.39 Å². The number of halogens is 1. The van der Waals surface area contributed by atoms with Crippen LogP contribution in [0.4, 0.5) is 4.39 Å². The molecule has 2 aromatic rings. The number of aromatic nitrogens is 2. The summed E-state index contributed by atoms with van der Waals surface area (Å²) in [5, 5.41) is 10.1. The third-order valence-corrected chi connectivity index (χ3v) is 22.0. The molecule has 1 N–H and O–H groups in total. The summed E-state index contributed by atoms with van der Waals surface area (Å²) in [4.78, 5) is 0. The van der Waals surface area contributed by atoms with Crippen LogP contribution in [-0.2, 0) is 0 Å². The van der Waals surface area contributed by atoms with E-state index >= 15 is 0 Å². The van der Waals surface area contributed by atoms with Gasteiger partial charge in [0.05, 0.1) is 0 Å². The van der Waals surface area contributed by atoms with Gasteiger partial charge in [-0.2, -0.15) is 0 Å². The first-order valence-corrected chi connectivity index (χ1v) is 19.5. The molecule has 1 aliphatic heterocycles. The summed E-state index contributed by atoms with van der Waals surface area (Å²) in [6.45, 7) is 9.02. The number of nitrogens with one attached hydrogen (secondary N) is 1. The van der Waals surface area contributed by atoms with Gasteiger partial charge in [0.2, 0.25) is 0 Å². The molecule has 1 aliphatic rings. The van der Waals surface area contributed by atoms with Crippen molar-refractivity contribution in [2.75, 3.05) is 13.1 Å². The zero-order valence-electron chi connectivity index (χ0n) is 18.8. The zero-order chi connectivity index (χ0) is 20.7. The van der Waals surface area contributed by atoms with Crippen LogP contribution in [0.2, 0.25) is 13.3 Å². The van der Waals surface area contributed by atoms with Crippen molar-refractivity contribution in [3.8, 4) is 0 Å². The van der Waals surface area contributed by atoms with Crippen molar-refractivity contribution >= 4 is 33.0 Å². The summed E-state index contributed by atoms with van der Waals surface area (Å²) in [5.41, 5.74) is 1.05. The van der Waals surface area contributed by atoms with Gasteiger partial charge in [-0.25, -0.2) is 0 Å². The first-order valence-electron chi connectivity index (χ1n) is 12.0. The fraction of sp³-hybridized carbons (Fsp3) is 0.708. The van der Waals surface area contributed by atoms with Crippen LogP contribution < -0.4 is 9.03 Å². The molecule has 0 amide bonds. The molecular weight excluding hydrogens is 468 g/mol. The zero-order valence-corrected chi connectivity index (χ0v) is 21.6. The second-order valence-corrected chi connectivity index (χ2v) is 22.0. The standard InChI is InChI=1S/C12H13FN3.3C4H9.Sn/c13-10-2-1-9-8-15-16(12(9)7-10)11-3-5-14-6-4-11;3*1-3-4-2;/h1-2,7,11,14H,3-6H2;3*1,3-4H2,2H3;. The summed E-state index contributed by atoms with van der Waals surface area (Å²) >= 11 is -2.68. The van der Waals surface area contributed by atoms with Crippen LogP contribution in [0.1, 0.15) is 78.2 Å². The molecule has 0 spiro atoms. The second kappa shape index (κ2) is 11.1. The van der Waals surface area contributed by atoms with E-state index in [2.05, 4.69) is 36.8 Å². The number of hydrogen-bond donors (Lipinski definition) is 1. The van der Waals surface area contributed by atoms with E-state index in [4.69, 9.17) is 5.10 Å². The van der Waals surface area contributed by atoms with Gasteiger partial charge >= 0.3 is 181 Å². The molecule has 3 rings (SSSR count). The molecule has 162 valence electrons. The number of hydrogen-bond acceptors (Lipinski definition) is 2. The predicted octanol–water partition coefficient (Wildman–Crippen LogP) is 6.16. The number of unbranched alkanes of at least 4 members (excludes halogenated alkanes) is 3. The molecule has 2 heterocycles. The quantitative estimate of drug-likeness (QED) is 0.369.